The van der Waals surface area contributed by atoms with E-state index < -0.39 is 0 Å². The summed E-state index contributed by atoms with van der Waals surface area (Å²) in [6.45, 7) is 8.32. The summed E-state index contributed by atoms with van der Waals surface area (Å²) in [6, 6.07) is 0. The van der Waals surface area contributed by atoms with Crippen molar-refractivity contribution in [3.8, 4) is 0 Å². The van der Waals surface area contributed by atoms with E-state index in [9.17, 15) is 9.59 Å². The van der Waals surface area contributed by atoms with Crippen molar-refractivity contribution in [3.05, 3.63) is 32.2 Å². The lowest BCUT2D eigenvalue weighted by Gasteiger charge is -2.10. The van der Waals surface area contributed by atoms with E-state index in [0.29, 0.717) is 23.5 Å². The highest BCUT2D eigenvalue weighted by atomic mass is 16.2. The Balaban J connectivity index is 2.58. The van der Waals surface area contributed by atoms with Gasteiger partial charge in [-0.05, 0) is 19.8 Å². The molecular formula is C15H21N5O2. The molecule has 0 amide bonds. The van der Waals surface area contributed by atoms with Gasteiger partial charge in [0.1, 0.15) is 0 Å². The van der Waals surface area contributed by atoms with E-state index in [1.807, 2.05) is 43.7 Å². The molecule has 0 unspecified atom stereocenters. The molecule has 0 atom stereocenters. The standard InChI is InChI=1S/C15H21N5O2/c1-8(2)7-19-13(21)11-12(18(6)15(19)22)16-14-17(5)9(3)10(4)20(11)14/h8H,7H2,1-6H3. The van der Waals surface area contributed by atoms with Gasteiger partial charge in [0.25, 0.3) is 5.56 Å². The molecule has 3 heterocycles. The Morgan fingerprint density at radius 3 is 2.27 bits per heavy atom. The molecule has 0 aliphatic rings. The van der Waals surface area contributed by atoms with Gasteiger partial charge in [0.15, 0.2) is 11.2 Å². The Morgan fingerprint density at radius 2 is 1.68 bits per heavy atom. The van der Waals surface area contributed by atoms with Crippen LogP contribution in [0.25, 0.3) is 16.9 Å². The Kier molecular flexibility index (Phi) is 3.05. The second-order valence-electron chi connectivity index (χ2n) is 6.30. The van der Waals surface area contributed by atoms with Crippen molar-refractivity contribution in [1.29, 1.82) is 0 Å². The first-order valence-corrected chi connectivity index (χ1v) is 7.39. The average molecular weight is 303 g/mol. The summed E-state index contributed by atoms with van der Waals surface area (Å²) in [7, 11) is 3.57. The molecule has 0 aliphatic heterocycles. The fourth-order valence-corrected chi connectivity index (χ4v) is 2.93. The largest absolute Gasteiger partial charge is 0.332 e. The molecule has 0 N–H and O–H groups in total. The predicted molar refractivity (Wildman–Crippen MR) is 85.5 cm³/mol. The van der Waals surface area contributed by atoms with Crippen LogP contribution < -0.4 is 11.2 Å². The fourth-order valence-electron chi connectivity index (χ4n) is 2.93. The third-order valence-electron chi connectivity index (χ3n) is 4.33. The third kappa shape index (κ3) is 1.71. The summed E-state index contributed by atoms with van der Waals surface area (Å²) in [6.07, 6.45) is 0. The highest BCUT2D eigenvalue weighted by Crippen LogP contribution is 2.19. The second-order valence-corrected chi connectivity index (χ2v) is 6.30. The van der Waals surface area contributed by atoms with Crippen LogP contribution in [0, 0.1) is 19.8 Å². The van der Waals surface area contributed by atoms with Crippen LogP contribution >= 0.6 is 0 Å². The Morgan fingerprint density at radius 1 is 1.05 bits per heavy atom. The maximum atomic E-state index is 12.9. The van der Waals surface area contributed by atoms with Gasteiger partial charge in [0.2, 0.25) is 5.78 Å². The van der Waals surface area contributed by atoms with E-state index in [1.54, 1.807) is 7.05 Å². The van der Waals surface area contributed by atoms with Gasteiger partial charge in [-0.15, -0.1) is 0 Å². The lowest BCUT2D eigenvalue weighted by molar-refractivity contribution is 0.484. The lowest BCUT2D eigenvalue weighted by atomic mass is 10.2. The van der Waals surface area contributed by atoms with Crippen LogP contribution in [0.15, 0.2) is 9.59 Å². The van der Waals surface area contributed by atoms with E-state index in [2.05, 4.69) is 4.98 Å². The van der Waals surface area contributed by atoms with Crippen molar-refractivity contribution < 1.29 is 0 Å². The van der Waals surface area contributed by atoms with Crippen molar-refractivity contribution in [2.75, 3.05) is 0 Å². The number of imidazole rings is 2. The summed E-state index contributed by atoms with van der Waals surface area (Å²) in [5.74, 6) is 0.893. The van der Waals surface area contributed by atoms with Crippen LogP contribution in [0.1, 0.15) is 25.2 Å². The molecule has 0 radical (unpaired) electrons. The summed E-state index contributed by atoms with van der Waals surface area (Å²) in [4.78, 5) is 29.8. The van der Waals surface area contributed by atoms with Crippen LogP contribution in [0.2, 0.25) is 0 Å². The highest BCUT2D eigenvalue weighted by molar-refractivity contribution is 5.76. The molecule has 0 bridgehead atoms. The molecule has 7 nitrogen and oxygen atoms in total. The van der Waals surface area contributed by atoms with E-state index >= 15 is 0 Å². The van der Waals surface area contributed by atoms with Crippen LogP contribution in [-0.2, 0) is 20.6 Å². The summed E-state index contributed by atoms with van der Waals surface area (Å²) in [5, 5.41) is 0. The van der Waals surface area contributed by atoms with Crippen LogP contribution in [-0.4, -0.2) is 23.1 Å². The Bertz CT molecular complexity index is 1010. The van der Waals surface area contributed by atoms with Crippen LogP contribution in [0.3, 0.4) is 0 Å². The minimum atomic E-state index is -0.316. The zero-order chi connectivity index (χ0) is 16.3. The molecule has 0 saturated carbocycles. The van der Waals surface area contributed by atoms with Crippen LogP contribution in [0.4, 0.5) is 0 Å². The maximum absolute atomic E-state index is 12.9. The molecule has 0 aromatic carbocycles. The molecule has 3 aromatic rings. The smallest absolute Gasteiger partial charge is 0.317 e. The number of aryl methyl sites for hydroxylation is 3. The first-order chi connectivity index (χ1) is 10.3. The van der Waals surface area contributed by atoms with Gasteiger partial charge in [-0.3, -0.25) is 18.3 Å². The molecular weight excluding hydrogens is 282 g/mol. The van der Waals surface area contributed by atoms with E-state index in [0.717, 1.165) is 11.4 Å². The maximum Gasteiger partial charge on any atom is 0.332 e. The van der Waals surface area contributed by atoms with Gasteiger partial charge < -0.3 is 4.57 Å². The summed E-state index contributed by atoms with van der Waals surface area (Å²) in [5.41, 5.74) is 2.33. The number of aromatic nitrogens is 5. The minimum absolute atomic E-state index is 0.213. The SMILES string of the molecule is Cc1c(C)n2c3c(=O)n(CC(C)C)c(=O)n(C)c3nc2n1C. The van der Waals surface area contributed by atoms with Crippen molar-refractivity contribution in [2.24, 2.45) is 20.0 Å². The van der Waals surface area contributed by atoms with Crippen molar-refractivity contribution in [3.63, 3.8) is 0 Å². The van der Waals surface area contributed by atoms with Gasteiger partial charge in [-0.1, -0.05) is 13.8 Å². The van der Waals surface area contributed by atoms with Gasteiger partial charge >= 0.3 is 5.69 Å². The first-order valence-electron chi connectivity index (χ1n) is 7.39. The summed E-state index contributed by atoms with van der Waals surface area (Å²) < 4.78 is 6.55. The van der Waals surface area contributed by atoms with Gasteiger partial charge in [0.05, 0.1) is 0 Å². The molecule has 0 aliphatic carbocycles. The zero-order valence-electron chi connectivity index (χ0n) is 13.8. The van der Waals surface area contributed by atoms with E-state index in [-0.39, 0.29) is 17.2 Å². The number of hydrogen-bond donors (Lipinski definition) is 0. The number of fused-ring (bicyclic) bond motifs is 3. The average Bonchev–Trinajstić information content (AvgIpc) is 2.95. The predicted octanol–water partition coefficient (Wildman–Crippen LogP) is 0.959. The Hall–Kier alpha value is -2.31. The topological polar surface area (TPSA) is 66.2 Å². The third-order valence-corrected chi connectivity index (χ3v) is 4.33. The van der Waals surface area contributed by atoms with Crippen molar-refractivity contribution in [2.45, 2.75) is 34.2 Å². The molecule has 3 aromatic heterocycles. The highest BCUT2D eigenvalue weighted by Gasteiger charge is 2.21. The van der Waals surface area contributed by atoms with Gasteiger partial charge in [-0.2, -0.15) is 4.98 Å². The van der Waals surface area contributed by atoms with Crippen molar-refractivity contribution >= 4 is 16.9 Å². The first kappa shape index (κ1) is 14.6. The Labute approximate surface area is 127 Å². The number of hydrogen-bond acceptors (Lipinski definition) is 3. The van der Waals surface area contributed by atoms with E-state index in [4.69, 9.17) is 0 Å². The molecule has 22 heavy (non-hydrogen) atoms. The monoisotopic (exact) mass is 303 g/mol. The van der Waals surface area contributed by atoms with E-state index in [1.165, 1.54) is 9.13 Å². The number of rotatable bonds is 2. The normalized spacial score (nSPS) is 12.1. The second kappa shape index (κ2) is 4.59. The van der Waals surface area contributed by atoms with Gasteiger partial charge in [0, 0.05) is 32.0 Å². The quantitative estimate of drug-likeness (QED) is 0.708. The molecule has 0 spiro atoms. The van der Waals surface area contributed by atoms with Crippen molar-refractivity contribution in [1.82, 2.24) is 23.1 Å². The molecule has 0 fully saturated rings. The fraction of sp³-hybridized carbons (Fsp3) is 0.533. The van der Waals surface area contributed by atoms with Crippen LogP contribution in [0.5, 0.6) is 0 Å². The molecule has 7 heteroatoms. The lowest BCUT2D eigenvalue weighted by Crippen LogP contribution is -2.40. The zero-order valence-corrected chi connectivity index (χ0v) is 13.8. The molecule has 0 saturated heterocycles. The minimum Gasteiger partial charge on any atom is -0.317 e. The van der Waals surface area contributed by atoms with Gasteiger partial charge in [-0.25, -0.2) is 4.79 Å². The summed E-state index contributed by atoms with van der Waals surface area (Å²) >= 11 is 0. The number of nitrogens with zero attached hydrogens (tertiary/aromatic N) is 5. The molecule has 3 rings (SSSR count). The molecule has 118 valence electrons.